The molecular formula is C12H13N3O4S. The lowest BCUT2D eigenvalue weighted by molar-refractivity contribution is 0.0943. The quantitative estimate of drug-likeness (QED) is 0.858. The second-order valence-corrected chi connectivity index (χ2v) is 6.00. The summed E-state index contributed by atoms with van der Waals surface area (Å²) in [6.07, 6.45) is 2.18. The molecule has 7 nitrogen and oxygen atoms in total. The van der Waals surface area contributed by atoms with Crippen molar-refractivity contribution in [2.75, 3.05) is 13.2 Å². The van der Waals surface area contributed by atoms with E-state index in [1.54, 1.807) is 12.1 Å². The van der Waals surface area contributed by atoms with Crippen LogP contribution in [0.4, 0.5) is 0 Å². The van der Waals surface area contributed by atoms with Crippen LogP contribution in [0.25, 0.3) is 0 Å². The predicted molar refractivity (Wildman–Crippen MR) is 70.1 cm³/mol. The van der Waals surface area contributed by atoms with Gasteiger partial charge in [0, 0.05) is 0 Å². The van der Waals surface area contributed by atoms with Gasteiger partial charge in [-0.3, -0.25) is 0 Å². The second-order valence-electron chi connectivity index (χ2n) is 4.27. The monoisotopic (exact) mass is 295 g/mol. The molecule has 1 aromatic heterocycles. The van der Waals surface area contributed by atoms with Gasteiger partial charge in [-0.1, -0.05) is 12.1 Å². The Morgan fingerprint density at radius 1 is 1.35 bits per heavy atom. The highest BCUT2D eigenvalue weighted by atomic mass is 32.2. The number of nitrogens with one attached hydrogen (secondary N) is 2. The maximum absolute atomic E-state index is 11.9. The molecule has 1 aliphatic heterocycles. The number of rotatable bonds is 4. The van der Waals surface area contributed by atoms with Crippen molar-refractivity contribution < 1.29 is 17.9 Å². The summed E-state index contributed by atoms with van der Waals surface area (Å²) in [7, 11) is -3.60. The van der Waals surface area contributed by atoms with E-state index in [2.05, 4.69) is 14.7 Å². The molecule has 2 N–H and O–H groups in total. The van der Waals surface area contributed by atoms with Gasteiger partial charge in [0.25, 0.3) is 10.0 Å². The highest BCUT2D eigenvalue weighted by Gasteiger charge is 2.23. The average molecular weight is 295 g/mol. The molecule has 20 heavy (non-hydrogen) atoms. The van der Waals surface area contributed by atoms with Crippen molar-refractivity contribution in [2.24, 2.45) is 0 Å². The van der Waals surface area contributed by atoms with Crippen molar-refractivity contribution in [2.45, 2.75) is 11.1 Å². The number of ether oxygens (including phenoxy) is 2. The lowest BCUT2D eigenvalue weighted by Gasteiger charge is -2.26. The molecule has 3 rings (SSSR count). The van der Waals surface area contributed by atoms with Crippen LogP contribution < -0.4 is 14.2 Å². The Labute approximate surface area is 116 Å². The summed E-state index contributed by atoms with van der Waals surface area (Å²) < 4.78 is 37.4. The minimum absolute atomic E-state index is 0.0228. The van der Waals surface area contributed by atoms with Gasteiger partial charge in [0.2, 0.25) is 0 Å². The molecular weight excluding hydrogens is 282 g/mol. The first-order valence-electron chi connectivity index (χ1n) is 6.02. The fourth-order valence-electron chi connectivity index (χ4n) is 1.83. The van der Waals surface area contributed by atoms with Crippen LogP contribution in [-0.4, -0.2) is 37.6 Å². The Hall–Kier alpha value is -2.06. The van der Waals surface area contributed by atoms with Gasteiger partial charge in [-0.15, -0.1) is 0 Å². The van der Waals surface area contributed by atoms with E-state index >= 15 is 0 Å². The number of sulfonamides is 1. The van der Waals surface area contributed by atoms with Gasteiger partial charge < -0.3 is 14.5 Å². The SMILES string of the molecule is O=S(=O)(NCC1COc2ccccc2O1)c1cnc[nH]1. The summed E-state index contributed by atoms with van der Waals surface area (Å²) in [4.78, 5) is 6.23. The van der Waals surface area contributed by atoms with E-state index in [1.807, 2.05) is 12.1 Å². The summed E-state index contributed by atoms with van der Waals surface area (Å²) in [5.41, 5.74) is 0. The summed E-state index contributed by atoms with van der Waals surface area (Å²) in [5, 5.41) is 0.0228. The van der Waals surface area contributed by atoms with Crippen molar-refractivity contribution in [1.29, 1.82) is 0 Å². The van der Waals surface area contributed by atoms with E-state index in [-0.39, 0.29) is 17.7 Å². The van der Waals surface area contributed by atoms with Crippen LogP contribution in [0.15, 0.2) is 41.8 Å². The number of aromatic amines is 1. The summed E-state index contributed by atoms with van der Waals surface area (Å²) in [6, 6.07) is 7.27. The summed E-state index contributed by atoms with van der Waals surface area (Å²) in [5.74, 6) is 1.28. The molecule has 1 aliphatic rings. The standard InChI is InChI=1S/C12H13N3O4S/c16-20(17,12-6-13-8-14-12)15-5-9-7-18-10-3-1-2-4-11(10)19-9/h1-4,6,8-9,15H,5,7H2,(H,13,14). The van der Waals surface area contributed by atoms with Crippen molar-refractivity contribution in [1.82, 2.24) is 14.7 Å². The normalized spacial score (nSPS) is 17.9. The van der Waals surface area contributed by atoms with Crippen molar-refractivity contribution in [3.05, 3.63) is 36.8 Å². The third-order valence-electron chi connectivity index (χ3n) is 2.83. The molecule has 0 bridgehead atoms. The van der Waals surface area contributed by atoms with E-state index in [9.17, 15) is 8.42 Å². The lowest BCUT2D eigenvalue weighted by Crippen LogP contribution is -2.40. The smallest absolute Gasteiger partial charge is 0.257 e. The van der Waals surface area contributed by atoms with Gasteiger partial charge in [-0.2, -0.15) is 0 Å². The molecule has 1 atom stereocenters. The Morgan fingerprint density at radius 2 is 2.15 bits per heavy atom. The van der Waals surface area contributed by atoms with Crippen LogP contribution in [0.1, 0.15) is 0 Å². The predicted octanol–water partition coefficient (Wildman–Crippen LogP) is 0.528. The number of para-hydroxylation sites is 2. The third-order valence-corrected chi connectivity index (χ3v) is 4.18. The Bertz CT molecular complexity index is 684. The minimum Gasteiger partial charge on any atom is -0.486 e. The maximum Gasteiger partial charge on any atom is 0.257 e. The van der Waals surface area contributed by atoms with Crippen LogP contribution in [-0.2, 0) is 10.0 Å². The van der Waals surface area contributed by atoms with Crippen LogP contribution in [0.3, 0.4) is 0 Å². The zero-order valence-electron chi connectivity index (χ0n) is 10.4. The number of hydrogen-bond donors (Lipinski definition) is 2. The molecule has 0 spiro atoms. The highest BCUT2D eigenvalue weighted by molar-refractivity contribution is 7.89. The van der Waals surface area contributed by atoms with Gasteiger partial charge in [-0.05, 0) is 12.1 Å². The Morgan fingerprint density at radius 3 is 2.90 bits per heavy atom. The zero-order chi connectivity index (χ0) is 14.0. The number of fused-ring (bicyclic) bond motifs is 1. The first kappa shape index (κ1) is 12.9. The molecule has 1 unspecified atom stereocenters. The molecule has 2 aromatic rings. The van der Waals surface area contributed by atoms with E-state index < -0.39 is 10.0 Å². The van der Waals surface area contributed by atoms with Crippen molar-refractivity contribution in [3.63, 3.8) is 0 Å². The number of benzene rings is 1. The van der Waals surface area contributed by atoms with Crippen LogP contribution in [0, 0.1) is 0 Å². The average Bonchev–Trinajstić information content (AvgIpc) is 3.00. The topological polar surface area (TPSA) is 93.3 Å². The Kier molecular flexibility index (Phi) is 3.33. The van der Waals surface area contributed by atoms with Gasteiger partial charge >= 0.3 is 0 Å². The van der Waals surface area contributed by atoms with Gasteiger partial charge in [-0.25, -0.2) is 18.1 Å². The number of imidazole rings is 1. The largest absolute Gasteiger partial charge is 0.486 e. The van der Waals surface area contributed by atoms with Crippen LogP contribution >= 0.6 is 0 Å². The molecule has 2 heterocycles. The maximum atomic E-state index is 11.9. The van der Waals surface area contributed by atoms with Gasteiger partial charge in [0.1, 0.15) is 12.7 Å². The lowest BCUT2D eigenvalue weighted by atomic mass is 10.2. The fraction of sp³-hybridized carbons (Fsp3) is 0.250. The molecule has 0 saturated heterocycles. The molecule has 0 amide bonds. The van der Waals surface area contributed by atoms with E-state index in [4.69, 9.17) is 9.47 Å². The number of nitrogens with zero attached hydrogens (tertiary/aromatic N) is 1. The molecule has 0 saturated carbocycles. The molecule has 0 aliphatic carbocycles. The summed E-state index contributed by atoms with van der Waals surface area (Å²) in [6.45, 7) is 0.415. The third kappa shape index (κ3) is 2.61. The van der Waals surface area contributed by atoms with Crippen molar-refractivity contribution >= 4 is 10.0 Å². The number of aromatic nitrogens is 2. The highest BCUT2D eigenvalue weighted by Crippen LogP contribution is 2.30. The van der Waals surface area contributed by atoms with Crippen LogP contribution in [0.5, 0.6) is 11.5 Å². The molecule has 1 aromatic carbocycles. The molecule has 106 valence electrons. The van der Waals surface area contributed by atoms with Crippen LogP contribution in [0.2, 0.25) is 0 Å². The minimum atomic E-state index is -3.60. The van der Waals surface area contributed by atoms with E-state index in [0.29, 0.717) is 18.1 Å². The second kappa shape index (κ2) is 5.14. The number of H-pyrrole nitrogens is 1. The molecule has 0 fully saturated rings. The first-order valence-corrected chi connectivity index (χ1v) is 7.50. The molecule has 0 radical (unpaired) electrons. The summed E-state index contributed by atoms with van der Waals surface area (Å²) >= 11 is 0. The van der Waals surface area contributed by atoms with Gasteiger partial charge in [0.15, 0.2) is 16.5 Å². The molecule has 8 heteroatoms. The van der Waals surface area contributed by atoms with E-state index in [0.717, 1.165) is 0 Å². The van der Waals surface area contributed by atoms with Crippen molar-refractivity contribution in [3.8, 4) is 11.5 Å². The fourth-order valence-corrected chi connectivity index (χ4v) is 2.80. The van der Waals surface area contributed by atoms with Gasteiger partial charge in [0.05, 0.1) is 19.1 Å². The first-order chi connectivity index (χ1) is 9.65. The Balaban J connectivity index is 1.63. The van der Waals surface area contributed by atoms with E-state index in [1.165, 1.54) is 12.5 Å². The zero-order valence-corrected chi connectivity index (χ0v) is 11.3. The number of hydrogen-bond acceptors (Lipinski definition) is 5.